The van der Waals surface area contributed by atoms with Gasteiger partial charge < -0.3 is 5.32 Å². The average Bonchev–Trinajstić information content (AvgIpc) is 3.33. The molecule has 138 valence electrons. The zero-order valence-corrected chi connectivity index (χ0v) is 16.1. The van der Waals surface area contributed by atoms with Gasteiger partial charge in [0.25, 0.3) is 15.9 Å². The van der Waals surface area contributed by atoms with E-state index in [1.54, 1.807) is 5.38 Å². The van der Waals surface area contributed by atoms with Crippen molar-refractivity contribution in [1.29, 1.82) is 0 Å². The lowest BCUT2D eigenvalue weighted by Gasteiger charge is -2.30. The van der Waals surface area contributed by atoms with Crippen LogP contribution < -0.4 is 9.62 Å². The van der Waals surface area contributed by atoms with Crippen LogP contribution in [0.1, 0.15) is 47.3 Å². The SMILES string of the molecule is O=C(NC1CCCC1)c1cc(S(=O)(=O)N2CCCc3ccccc32)cs1. The van der Waals surface area contributed by atoms with Crippen molar-refractivity contribution in [3.8, 4) is 0 Å². The summed E-state index contributed by atoms with van der Waals surface area (Å²) in [6.07, 6.45) is 5.99. The number of sulfonamides is 1. The molecule has 0 unspecified atom stereocenters. The number of para-hydroxylation sites is 1. The number of aryl methyl sites for hydroxylation is 1. The first-order valence-corrected chi connectivity index (χ1v) is 11.4. The number of hydrogen-bond acceptors (Lipinski definition) is 4. The van der Waals surface area contributed by atoms with Gasteiger partial charge in [-0.3, -0.25) is 9.10 Å². The maximum Gasteiger partial charge on any atom is 0.265 e. The number of fused-ring (bicyclic) bond motifs is 1. The number of carbonyl (C=O) groups is 1. The third kappa shape index (κ3) is 3.25. The van der Waals surface area contributed by atoms with E-state index in [0.717, 1.165) is 49.8 Å². The summed E-state index contributed by atoms with van der Waals surface area (Å²) in [6.45, 7) is 0.471. The highest BCUT2D eigenvalue weighted by atomic mass is 32.2. The number of rotatable bonds is 4. The zero-order chi connectivity index (χ0) is 18.1. The minimum atomic E-state index is -3.65. The van der Waals surface area contributed by atoms with E-state index in [9.17, 15) is 13.2 Å². The Morgan fingerprint density at radius 3 is 2.73 bits per heavy atom. The molecule has 1 N–H and O–H groups in total. The Bertz CT molecular complexity index is 914. The van der Waals surface area contributed by atoms with Crippen LogP contribution in [0.2, 0.25) is 0 Å². The van der Waals surface area contributed by atoms with Crippen LogP contribution in [0.5, 0.6) is 0 Å². The quantitative estimate of drug-likeness (QED) is 0.868. The summed E-state index contributed by atoms with van der Waals surface area (Å²) >= 11 is 1.20. The van der Waals surface area contributed by atoms with Gasteiger partial charge in [0, 0.05) is 18.0 Å². The van der Waals surface area contributed by atoms with Gasteiger partial charge in [0.15, 0.2) is 0 Å². The molecule has 1 aliphatic carbocycles. The van der Waals surface area contributed by atoms with Crippen LogP contribution in [-0.2, 0) is 16.4 Å². The summed E-state index contributed by atoms with van der Waals surface area (Å²) in [6, 6.07) is 9.36. The van der Waals surface area contributed by atoms with Gasteiger partial charge in [-0.05, 0) is 43.4 Å². The van der Waals surface area contributed by atoms with E-state index in [1.165, 1.54) is 21.7 Å². The molecule has 0 saturated heterocycles. The summed E-state index contributed by atoms with van der Waals surface area (Å²) < 4.78 is 27.7. The predicted octanol–water partition coefficient (Wildman–Crippen LogP) is 3.56. The third-order valence-electron chi connectivity index (χ3n) is 5.15. The molecule has 1 aromatic heterocycles. The first-order chi connectivity index (χ1) is 12.6. The molecule has 4 rings (SSSR count). The molecule has 1 fully saturated rings. The van der Waals surface area contributed by atoms with Gasteiger partial charge in [-0.2, -0.15) is 0 Å². The predicted molar refractivity (Wildman–Crippen MR) is 103 cm³/mol. The maximum absolute atomic E-state index is 13.1. The minimum absolute atomic E-state index is 0.164. The van der Waals surface area contributed by atoms with Crippen LogP contribution in [0.4, 0.5) is 5.69 Å². The van der Waals surface area contributed by atoms with Crippen LogP contribution in [0, 0.1) is 0 Å². The molecule has 1 amide bonds. The monoisotopic (exact) mass is 390 g/mol. The summed E-state index contributed by atoms with van der Waals surface area (Å²) in [5, 5.41) is 4.60. The van der Waals surface area contributed by atoms with E-state index in [-0.39, 0.29) is 16.8 Å². The summed E-state index contributed by atoms with van der Waals surface area (Å²) in [5.74, 6) is -0.164. The molecule has 1 aromatic carbocycles. The lowest BCUT2D eigenvalue weighted by Crippen LogP contribution is -2.35. The van der Waals surface area contributed by atoms with Gasteiger partial charge in [-0.1, -0.05) is 31.0 Å². The normalized spacial score (nSPS) is 17.9. The number of nitrogens with zero attached hydrogens (tertiary/aromatic N) is 1. The summed E-state index contributed by atoms with van der Waals surface area (Å²) in [7, 11) is -3.65. The fraction of sp³-hybridized carbons (Fsp3) is 0.421. The number of amides is 1. The number of anilines is 1. The molecule has 2 aliphatic rings. The lowest BCUT2D eigenvalue weighted by molar-refractivity contribution is 0.0942. The second kappa shape index (κ2) is 7.04. The van der Waals surface area contributed by atoms with E-state index in [0.29, 0.717) is 11.4 Å². The van der Waals surface area contributed by atoms with Gasteiger partial charge in [0.2, 0.25) is 0 Å². The Hall–Kier alpha value is -1.86. The maximum atomic E-state index is 13.1. The smallest absolute Gasteiger partial charge is 0.265 e. The second-order valence-corrected chi connectivity index (χ2v) is 9.68. The van der Waals surface area contributed by atoms with E-state index in [1.807, 2.05) is 24.3 Å². The van der Waals surface area contributed by atoms with Crippen molar-refractivity contribution < 1.29 is 13.2 Å². The average molecular weight is 391 g/mol. The Morgan fingerprint density at radius 1 is 1.15 bits per heavy atom. The van der Waals surface area contributed by atoms with Crippen LogP contribution in [0.25, 0.3) is 0 Å². The second-order valence-electron chi connectivity index (χ2n) is 6.91. The molecular formula is C19H22N2O3S2. The molecule has 0 radical (unpaired) electrons. The van der Waals surface area contributed by atoms with Gasteiger partial charge in [0.05, 0.1) is 15.5 Å². The Morgan fingerprint density at radius 2 is 1.92 bits per heavy atom. The Labute approximate surface area is 158 Å². The molecule has 2 heterocycles. The fourth-order valence-electron chi connectivity index (χ4n) is 3.78. The molecule has 5 nitrogen and oxygen atoms in total. The van der Waals surface area contributed by atoms with Crippen LogP contribution in [0.3, 0.4) is 0 Å². The van der Waals surface area contributed by atoms with Crippen LogP contribution in [-0.4, -0.2) is 26.9 Å². The molecule has 26 heavy (non-hydrogen) atoms. The molecule has 7 heteroatoms. The van der Waals surface area contributed by atoms with Crippen molar-refractivity contribution in [2.75, 3.05) is 10.8 Å². The highest BCUT2D eigenvalue weighted by Gasteiger charge is 2.30. The topological polar surface area (TPSA) is 66.5 Å². The van der Waals surface area contributed by atoms with Crippen molar-refractivity contribution in [3.63, 3.8) is 0 Å². The summed E-state index contributed by atoms with van der Waals surface area (Å²) in [5.41, 5.74) is 1.80. The van der Waals surface area contributed by atoms with Gasteiger partial charge >= 0.3 is 0 Å². The summed E-state index contributed by atoms with van der Waals surface area (Å²) in [4.78, 5) is 13.1. The lowest BCUT2D eigenvalue weighted by atomic mass is 10.0. The molecule has 0 spiro atoms. The number of carbonyl (C=O) groups excluding carboxylic acids is 1. The highest BCUT2D eigenvalue weighted by molar-refractivity contribution is 7.93. The number of nitrogens with one attached hydrogen (secondary N) is 1. The van der Waals surface area contributed by atoms with Gasteiger partial charge in [-0.15, -0.1) is 11.3 Å². The van der Waals surface area contributed by atoms with E-state index in [2.05, 4.69) is 5.32 Å². The van der Waals surface area contributed by atoms with Crippen molar-refractivity contribution in [1.82, 2.24) is 5.32 Å². The molecule has 1 saturated carbocycles. The van der Waals surface area contributed by atoms with E-state index < -0.39 is 10.0 Å². The molecule has 0 atom stereocenters. The van der Waals surface area contributed by atoms with Crippen LogP contribution >= 0.6 is 11.3 Å². The minimum Gasteiger partial charge on any atom is -0.349 e. The van der Waals surface area contributed by atoms with E-state index in [4.69, 9.17) is 0 Å². The third-order valence-corrected chi connectivity index (χ3v) is 8.01. The van der Waals surface area contributed by atoms with Gasteiger partial charge in [0.1, 0.15) is 0 Å². The molecule has 0 bridgehead atoms. The van der Waals surface area contributed by atoms with Crippen molar-refractivity contribution in [3.05, 3.63) is 46.2 Å². The molecule has 2 aromatic rings. The Balaban J connectivity index is 1.58. The fourth-order valence-corrected chi connectivity index (χ4v) is 6.48. The highest BCUT2D eigenvalue weighted by Crippen LogP contribution is 2.33. The number of thiophene rings is 1. The zero-order valence-electron chi connectivity index (χ0n) is 14.5. The first-order valence-electron chi connectivity index (χ1n) is 9.06. The van der Waals surface area contributed by atoms with Crippen LogP contribution in [0.15, 0.2) is 40.6 Å². The van der Waals surface area contributed by atoms with Crippen molar-refractivity contribution in [2.45, 2.75) is 49.5 Å². The molecular weight excluding hydrogens is 368 g/mol. The van der Waals surface area contributed by atoms with Gasteiger partial charge in [-0.25, -0.2) is 8.42 Å². The number of benzene rings is 1. The largest absolute Gasteiger partial charge is 0.349 e. The first kappa shape index (κ1) is 17.5. The number of hydrogen-bond donors (Lipinski definition) is 1. The van der Waals surface area contributed by atoms with Crippen molar-refractivity contribution in [2.24, 2.45) is 0 Å². The molecule has 1 aliphatic heterocycles. The Kier molecular flexibility index (Phi) is 4.75. The van der Waals surface area contributed by atoms with E-state index >= 15 is 0 Å². The standard InChI is InChI=1S/C19H22N2O3S2/c22-19(20-15-8-2-3-9-15)18-12-16(13-25-18)26(23,24)21-11-5-7-14-6-1-4-10-17(14)21/h1,4,6,10,12-13,15H,2-3,5,7-9,11H2,(H,20,22). The van der Waals surface area contributed by atoms with Crippen molar-refractivity contribution >= 4 is 33.0 Å².